The van der Waals surface area contributed by atoms with Gasteiger partial charge in [0.25, 0.3) is 30.3 Å². The van der Waals surface area contributed by atoms with Gasteiger partial charge in [-0.2, -0.15) is 16.8 Å². The third-order valence-corrected chi connectivity index (χ3v) is 15.6. The number of rotatable bonds is 11. The predicted molar refractivity (Wildman–Crippen MR) is 266 cm³/mol. The van der Waals surface area contributed by atoms with E-state index in [1.54, 1.807) is 77.1 Å². The van der Waals surface area contributed by atoms with Crippen LogP contribution in [0.25, 0.3) is 44.2 Å². The van der Waals surface area contributed by atoms with Crippen molar-refractivity contribution in [2.45, 2.75) is 63.2 Å². The van der Waals surface area contributed by atoms with Gasteiger partial charge in [0.15, 0.2) is 0 Å². The largest absolute Gasteiger partial charge is 0.456 e. The van der Waals surface area contributed by atoms with Crippen LogP contribution in [0.2, 0.25) is 0 Å². The molecule has 0 aromatic heterocycles. The molecule has 0 radical (unpaired) electrons. The van der Waals surface area contributed by atoms with Crippen LogP contribution in [0.1, 0.15) is 38.9 Å². The van der Waals surface area contributed by atoms with Gasteiger partial charge in [-0.15, -0.1) is 0 Å². The molecule has 6 aromatic rings. The highest BCUT2D eigenvalue weighted by Gasteiger charge is 2.28. The fourth-order valence-electron chi connectivity index (χ4n) is 8.82. The first-order chi connectivity index (χ1) is 31.7. The molecule has 1 aliphatic heterocycles. The normalized spacial score (nSPS) is 12.8. The lowest BCUT2D eigenvalue weighted by Gasteiger charge is -2.21. The summed E-state index contributed by atoms with van der Waals surface area (Å²) in [5.74, 6) is -0.0159. The molecule has 0 saturated carbocycles. The van der Waals surface area contributed by atoms with E-state index in [0.717, 1.165) is 28.8 Å². The monoisotopic (exact) mass is 994 g/mol. The summed E-state index contributed by atoms with van der Waals surface area (Å²) in [5.41, 5.74) is 6.58. The van der Waals surface area contributed by atoms with Crippen LogP contribution in [0.5, 0.6) is 0 Å². The number of aryl methyl sites for hydroxylation is 5. The first kappa shape index (κ1) is 47.9. The molecular formula is C49H46N4O11S4. The minimum Gasteiger partial charge on any atom is -0.456 e. The maximum absolute atomic E-state index is 14.1. The summed E-state index contributed by atoms with van der Waals surface area (Å²) in [7, 11) is -17.8. The summed E-state index contributed by atoms with van der Waals surface area (Å²) in [6.07, 6.45) is 1.06. The zero-order chi connectivity index (χ0) is 49.4. The third-order valence-electron chi connectivity index (χ3n) is 11.8. The van der Waals surface area contributed by atoms with E-state index >= 15 is 0 Å². The first-order valence-electron chi connectivity index (χ1n) is 20.8. The standard InChI is InChI=1S/C49H46N4O11S4/c1-26-13-11-16-35-34(26)15-12-18-42(35)66(56,57)53-49-30(5)22-28(3)47(32(49)7)51-39-25-41-38(24-44(39)68(61,62)63)45(37-14-9-10-17-43(37)67(58,59)60)36-20-19-33(23-40(36)64-41)50-46-27(2)21-29(4)48(31(46)6)52-65(8,54)55/h9-25,50,52-53H,1-8H3,(H,58,59,60)(H,61,62,63)/b51-39-. The zero-order valence-electron chi connectivity index (χ0n) is 38.0. The Morgan fingerprint density at radius 1 is 0.515 bits per heavy atom. The van der Waals surface area contributed by atoms with Gasteiger partial charge in [-0.25, -0.2) is 21.8 Å². The van der Waals surface area contributed by atoms with E-state index < -0.39 is 50.1 Å². The van der Waals surface area contributed by atoms with E-state index in [4.69, 9.17) is 9.41 Å². The molecule has 15 nitrogen and oxygen atoms in total. The van der Waals surface area contributed by atoms with Crippen LogP contribution in [0.4, 0.5) is 28.4 Å². The lowest BCUT2D eigenvalue weighted by Crippen LogP contribution is -2.17. The number of benzene rings is 7. The van der Waals surface area contributed by atoms with Crippen LogP contribution in [0, 0.1) is 48.5 Å². The number of nitrogens with zero attached hydrogens (tertiary/aromatic N) is 1. The SMILES string of the molecule is Cc1cc(C)c(NS(=O)(=O)c2cccc3c(C)cccc23)c(C)c1/N=c1/cc2oc3cc(Nc4c(C)cc(C)c(NS(C)(=O)=O)c4C)ccc3c(-c3ccccc3S(=O)(=O)O)c-2cc1S(=O)(=O)O. The fourth-order valence-corrected chi connectivity index (χ4v) is 12.3. The average Bonchev–Trinajstić information content (AvgIpc) is 3.24. The summed E-state index contributed by atoms with van der Waals surface area (Å²) in [6.45, 7) is 12.4. The van der Waals surface area contributed by atoms with Gasteiger partial charge in [-0.1, -0.05) is 60.7 Å². The van der Waals surface area contributed by atoms with Crippen LogP contribution < -0.4 is 20.1 Å². The number of anilines is 4. The molecule has 0 unspecified atom stereocenters. The third kappa shape index (κ3) is 9.07. The van der Waals surface area contributed by atoms with Crippen LogP contribution in [-0.2, 0) is 40.3 Å². The molecule has 0 bridgehead atoms. The Kier molecular flexibility index (Phi) is 12.1. The Balaban J connectivity index is 1.37. The molecule has 0 amide bonds. The Bertz CT molecular complexity index is 3960. The van der Waals surface area contributed by atoms with Crippen LogP contribution in [0.3, 0.4) is 0 Å². The minimum absolute atomic E-state index is 0.0159. The lowest BCUT2D eigenvalue weighted by molar-refractivity contribution is 0.480. The van der Waals surface area contributed by atoms with Gasteiger partial charge >= 0.3 is 0 Å². The number of nitrogens with one attached hydrogen (secondary N) is 3. The molecule has 6 aromatic carbocycles. The zero-order valence-corrected chi connectivity index (χ0v) is 41.2. The first-order valence-corrected chi connectivity index (χ1v) is 27.1. The van der Waals surface area contributed by atoms with Crippen molar-refractivity contribution in [3.63, 3.8) is 0 Å². The van der Waals surface area contributed by atoms with E-state index in [1.807, 2.05) is 32.0 Å². The number of fused-ring (bicyclic) bond motifs is 3. The second-order valence-electron chi connectivity index (χ2n) is 16.8. The molecular weight excluding hydrogens is 949 g/mol. The second kappa shape index (κ2) is 17.2. The number of hydrogen-bond acceptors (Lipinski definition) is 11. The molecule has 352 valence electrons. The lowest BCUT2D eigenvalue weighted by atomic mass is 9.93. The predicted octanol–water partition coefficient (Wildman–Crippen LogP) is 10.2. The quantitative estimate of drug-likeness (QED) is 0.0601. The van der Waals surface area contributed by atoms with Crippen molar-refractivity contribution >= 4 is 90.5 Å². The van der Waals surface area contributed by atoms with E-state index in [1.165, 1.54) is 36.4 Å². The van der Waals surface area contributed by atoms with Gasteiger partial charge in [0.2, 0.25) is 10.0 Å². The Labute approximate surface area is 394 Å². The summed E-state index contributed by atoms with van der Waals surface area (Å²) in [5, 5.41) is 4.63. The van der Waals surface area contributed by atoms with E-state index in [9.17, 15) is 42.8 Å². The fraction of sp³-hybridized carbons (Fsp3) is 0.163. The van der Waals surface area contributed by atoms with Crippen LogP contribution >= 0.6 is 0 Å². The Morgan fingerprint density at radius 2 is 1.12 bits per heavy atom. The van der Waals surface area contributed by atoms with Crippen molar-refractivity contribution in [3.05, 3.63) is 147 Å². The molecule has 68 heavy (non-hydrogen) atoms. The highest BCUT2D eigenvalue weighted by atomic mass is 32.2. The maximum atomic E-state index is 14.1. The minimum atomic E-state index is -5.10. The molecule has 0 saturated heterocycles. The second-order valence-corrected chi connectivity index (χ2v) is 23.0. The van der Waals surface area contributed by atoms with Gasteiger partial charge in [0.1, 0.15) is 21.1 Å². The van der Waals surface area contributed by atoms with Crippen molar-refractivity contribution in [2.24, 2.45) is 4.99 Å². The molecule has 5 N–H and O–H groups in total. The molecule has 0 fully saturated rings. The number of hydrogen-bond donors (Lipinski definition) is 5. The molecule has 2 aliphatic rings. The smallest absolute Gasteiger partial charge is 0.296 e. The molecule has 0 atom stereocenters. The molecule has 1 heterocycles. The summed E-state index contributed by atoms with van der Waals surface area (Å²) >= 11 is 0. The van der Waals surface area contributed by atoms with E-state index in [0.29, 0.717) is 50.3 Å². The van der Waals surface area contributed by atoms with Crippen LogP contribution in [0.15, 0.2) is 127 Å². The van der Waals surface area contributed by atoms with Gasteiger partial charge < -0.3 is 9.73 Å². The maximum Gasteiger partial charge on any atom is 0.296 e. The van der Waals surface area contributed by atoms with Gasteiger partial charge in [0, 0.05) is 51.0 Å². The average molecular weight is 995 g/mol. The van der Waals surface area contributed by atoms with Gasteiger partial charge in [-0.05, 0) is 123 Å². The van der Waals surface area contributed by atoms with Gasteiger partial charge in [-0.3, -0.25) is 18.5 Å². The van der Waals surface area contributed by atoms with Crippen molar-refractivity contribution in [3.8, 4) is 22.5 Å². The molecule has 0 spiro atoms. The van der Waals surface area contributed by atoms with E-state index in [2.05, 4.69) is 14.8 Å². The molecule has 8 rings (SSSR count). The number of sulfonamides is 2. The molecule has 19 heteroatoms. The van der Waals surface area contributed by atoms with Crippen LogP contribution in [-0.4, -0.2) is 49.0 Å². The summed E-state index contributed by atoms with van der Waals surface area (Å²) in [6, 6.07) is 26.8. The highest BCUT2D eigenvalue weighted by molar-refractivity contribution is 7.93. The summed E-state index contributed by atoms with van der Waals surface area (Å²) in [4.78, 5) is 3.64. The topological polar surface area (TPSA) is 239 Å². The van der Waals surface area contributed by atoms with Crippen molar-refractivity contribution in [1.82, 2.24) is 0 Å². The van der Waals surface area contributed by atoms with Crippen molar-refractivity contribution < 1.29 is 47.2 Å². The van der Waals surface area contributed by atoms with E-state index in [-0.39, 0.29) is 55.0 Å². The molecule has 1 aliphatic carbocycles. The van der Waals surface area contributed by atoms with Crippen molar-refractivity contribution in [1.29, 1.82) is 0 Å². The van der Waals surface area contributed by atoms with Gasteiger partial charge in [0.05, 0.1) is 33.6 Å². The summed E-state index contributed by atoms with van der Waals surface area (Å²) < 4.78 is 138. The highest BCUT2D eigenvalue weighted by Crippen LogP contribution is 2.45. The Hall–Kier alpha value is -6.61. The van der Waals surface area contributed by atoms with Crippen molar-refractivity contribution in [2.75, 3.05) is 21.0 Å². The Morgan fingerprint density at radius 3 is 1.79 bits per heavy atom.